The molecule has 1 N–H and O–H groups in total. The summed E-state index contributed by atoms with van der Waals surface area (Å²) in [5.74, 6) is 1.32. The Morgan fingerprint density at radius 2 is 1.85 bits per heavy atom. The van der Waals surface area contributed by atoms with E-state index in [0.717, 1.165) is 37.4 Å². The predicted octanol–water partition coefficient (Wildman–Crippen LogP) is 3.33. The number of benzene rings is 1. The second-order valence-electron chi connectivity index (χ2n) is 6.92. The van der Waals surface area contributed by atoms with E-state index in [-0.39, 0.29) is 11.8 Å². The van der Waals surface area contributed by atoms with E-state index in [4.69, 9.17) is 5.26 Å². The molecule has 26 heavy (non-hydrogen) atoms. The van der Waals surface area contributed by atoms with Crippen LogP contribution in [-0.4, -0.2) is 29.2 Å². The SMILES string of the molecule is CC(C)c1ccc(NC(=O)C2CCN(c3ccc(C#N)nn3)CC2)cc1. The van der Waals surface area contributed by atoms with Crippen molar-refractivity contribution in [3.05, 3.63) is 47.7 Å². The van der Waals surface area contributed by atoms with Crippen LogP contribution in [0.4, 0.5) is 11.5 Å². The van der Waals surface area contributed by atoms with Crippen LogP contribution in [0.2, 0.25) is 0 Å². The molecule has 1 aliphatic heterocycles. The van der Waals surface area contributed by atoms with Crippen molar-refractivity contribution in [1.29, 1.82) is 5.26 Å². The normalized spacial score (nSPS) is 14.9. The zero-order chi connectivity index (χ0) is 18.5. The second kappa shape index (κ2) is 7.96. The van der Waals surface area contributed by atoms with E-state index in [1.165, 1.54) is 5.56 Å². The van der Waals surface area contributed by atoms with Gasteiger partial charge in [0.2, 0.25) is 5.91 Å². The third kappa shape index (κ3) is 4.17. The van der Waals surface area contributed by atoms with Crippen LogP contribution in [-0.2, 0) is 4.79 Å². The van der Waals surface area contributed by atoms with Gasteiger partial charge in [0.25, 0.3) is 0 Å². The van der Waals surface area contributed by atoms with Gasteiger partial charge in [0.05, 0.1) is 0 Å². The monoisotopic (exact) mass is 349 g/mol. The first-order valence-electron chi connectivity index (χ1n) is 8.96. The molecule has 6 nitrogen and oxygen atoms in total. The summed E-state index contributed by atoms with van der Waals surface area (Å²) in [6, 6.07) is 13.5. The van der Waals surface area contributed by atoms with Crippen molar-refractivity contribution >= 4 is 17.4 Å². The van der Waals surface area contributed by atoms with Gasteiger partial charge in [0.15, 0.2) is 11.5 Å². The van der Waals surface area contributed by atoms with Crippen molar-refractivity contribution in [3.8, 4) is 6.07 Å². The van der Waals surface area contributed by atoms with Crippen molar-refractivity contribution in [3.63, 3.8) is 0 Å². The Hall–Kier alpha value is -2.94. The van der Waals surface area contributed by atoms with E-state index in [0.29, 0.717) is 11.6 Å². The molecule has 0 radical (unpaired) electrons. The lowest BCUT2D eigenvalue weighted by molar-refractivity contribution is -0.120. The molecule has 0 atom stereocenters. The average molecular weight is 349 g/mol. The van der Waals surface area contributed by atoms with E-state index in [1.54, 1.807) is 6.07 Å². The molecule has 1 fully saturated rings. The number of nitrogens with zero attached hydrogens (tertiary/aromatic N) is 4. The Morgan fingerprint density at radius 1 is 1.15 bits per heavy atom. The van der Waals surface area contributed by atoms with Gasteiger partial charge in [-0.3, -0.25) is 4.79 Å². The maximum atomic E-state index is 12.5. The Labute approximate surface area is 153 Å². The van der Waals surface area contributed by atoms with Crippen molar-refractivity contribution < 1.29 is 4.79 Å². The third-order valence-electron chi connectivity index (χ3n) is 4.80. The molecule has 1 aromatic heterocycles. The fraction of sp³-hybridized carbons (Fsp3) is 0.400. The number of aromatic nitrogens is 2. The molecule has 0 aliphatic carbocycles. The molecule has 6 heteroatoms. The lowest BCUT2D eigenvalue weighted by atomic mass is 9.95. The van der Waals surface area contributed by atoms with E-state index >= 15 is 0 Å². The summed E-state index contributed by atoms with van der Waals surface area (Å²) >= 11 is 0. The van der Waals surface area contributed by atoms with Crippen molar-refractivity contribution in [2.45, 2.75) is 32.6 Å². The summed E-state index contributed by atoms with van der Waals surface area (Å²) in [5.41, 5.74) is 2.42. The van der Waals surface area contributed by atoms with E-state index < -0.39 is 0 Å². The lowest BCUT2D eigenvalue weighted by Crippen LogP contribution is -2.38. The van der Waals surface area contributed by atoms with Crippen LogP contribution < -0.4 is 10.2 Å². The Morgan fingerprint density at radius 3 is 2.38 bits per heavy atom. The van der Waals surface area contributed by atoms with E-state index in [1.807, 2.05) is 24.3 Å². The van der Waals surface area contributed by atoms with Gasteiger partial charge in [-0.25, -0.2) is 0 Å². The number of rotatable bonds is 4. The molecule has 2 heterocycles. The molecular formula is C20H23N5O. The van der Waals surface area contributed by atoms with Gasteiger partial charge in [-0.15, -0.1) is 10.2 Å². The molecule has 1 saturated heterocycles. The van der Waals surface area contributed by atoms with Crippen LogP contribution >= 0.6 is 0 Å². The van der Waals surface area contributed by atoms with Crippen LogP contribution in [0.25, 0.3) is 0 Å². The molecule has 0 unspecified atom stereocenters. The van der Waals surface area contributed by atoms with Crippen LogP contribution in [0.5, 0.6) is 0 Å². The molecule has 2 aromatic rings. The predicted molar refractivity (Wildman–Crippen MR) is 101 cm³/mol. The molecule has 0 spiro atoms. The lowest BCUT2D eigenvalue weighted by Gasteiger charge is -2.31. The van der Waals surface area contributed by atoms with Gasteiger partial charge < -0.3 is 10.2 Å². The largest absolute Gasteiger partial charge is 0.355 e. The maximum absolute atomic E-state index is 12.5. The third-order valence-corrected chi connectivity index (χ3v) is 4.80. The number of piperidine rings is 1. The summed E-state index contributed by atoms with van der Waals surface area (Å²) in [4.78, 5) is 14.6. The first-order chi connectivity index (χ1) is 12.6. The van der Waals surface area contributed by atoms with Crippen LogP contribution in [0, 0.1) is 17.2 Å². The minimum absolute atomic E-state index is 0.00219. The highest BCUT2D eigenvalue weighted by molar-refractivity contribution is 5.92. The fourth-order valence-electron chi connectivity index (χ4n) is 3.12. The first-order valence-corrected chi connectivity index (χ1v) is 8.96. The van der Waals surface area contributed by atoms with Gasteiger partial charge in [-0.1, -0.05) is 26.0 Å². The van der Waals surface area contributed by atoms with Crippen molar-refractivity contribution in [2.24, 2.45) is 5.92 Å². The quantitative estimate of drug-likeness (QED) is 0.915. The maximum Gasteiger partial charge on any atom is 0.227 e. The second-order valence-corrected chi connectivity index (χ2v) is 6.92. The number of hydrogen-bond acceptors (Lipinski definition) is 5. The summed E-state index contributed by atoms with van der Waals surface area (Å²) < 4.78 is 0. The average Bonchev–Trinajstić information content (AvgIpc) is 2.68. The zero-order valence-electron chi connectivity index (χ0n) is 15.1. The number of hydrogen-bond donors (Lipinski definition) is 1. The van der Waals surface area contributed by atoms with E-state index in [2.05, 4.69) is 46.4 Å². The highest BCUT2D eigenvalue weighted by atomic mass is 16.1. The minimum Gasteiger partial charge on any atom is -0.355 e. The molecular weight excluding hydrogens is 326 g/mol. The number of carbonyl (C=O) groups excluding carboxylic acids is 1. The fourth-order valence-corrected chi connectivity index (χ4v) is 3.12. The van der Waals surface area contributed by atoms with Gasteiger partial charge >= 0.3 is 0 Å². The summed E-state index contributed by atoms with van der Waals surface area (Å²) in [7, 11) is 0. The number of nitriles is 1. The Bertz CT molecular complexity index is 784. The zero-order valence-corrected chi connectivity index (χ0v) is 15.1. The number of amides is 1. The standard InChI is InChI=1S/C20H23N5O/c1-14(2)15-3-5-17(6-4-15)22-20(26)16-9-11-25(12-10-16)19-8-7-18(13-21)23-24-19/h3-8,14,16H,9-12H2,1-2H3,(H,22,26). The van der Waals surface area contributed by atoms with Gasteiger partial charge in [0, 0.05) is 24.7 Å². The smallest absolute Gasteiger partial charge is 0.227 e. The topological polar surface area (TPSA) is 81.9 Å². The summed E-state index contributed by atoms with van der Waals surface area (Å²) in [6.45, 7) is 5.81. The molecule has 1 aromatic carbocycles. The minimum atomic E-state index is 0.00219. The molecule has 1 amide bonds. The molecule has 3 rings (SSSR count). The van der Waals surface area contributed by atoms with Gasteiger partial charge in [-0.2, -0.15) is 5.26 Å². The number of anilines is 2. The number of nitrogens with one attached hydrogen (secondary N) is 1. The van der Waals surface area contributed by atoms with Gasteiger partial charge in [-0.05, 0) is 48.6 Å². The van der Waals surface area contributed by atoms with Gasteiger partial charge in [0.1, 0.15) is 6.07 Å². The molecule has 0 bridgehead atoms. The van der Waals surface area contributed by atoms with Crippen molar-refractivity contribution in [2.75, 3.05) is 23.3 Å². The highest BCUT2D eigenvalue weighted by Gasteiger charge is 2.25. The molecule has 0 saturated carbocycles. The van der Waals surface area contributed by atoms with Crippen LogP contribution in [0.15, 0.2) is 36.4 Å². The van der Waals surface area contributed by atoms with Crippen LogP contribution in [0.3, 0.4) is 0 Å². The first kappa shape index (κ1) is 17.9. The van der Waals surface area contributed by atoms with Crippen LogP contribution in [0.1, 0.15) is 43.9 Å². The Balaban J connectivity index is 1.53. The van der Waals surface area contributed by atoms with E-state index in [9.17, 15) is 4.79 Å². The summed E-state index contributed by atoms with van der Waals surface area (Å²) in [6.07, 6.45) is 1.55. The summed E-state index contributed by atoms with van der Waals surface area (Å²) in [5, 5.41) is 19.8. The molecule has 134 valence electrons. The number of carbonyl (C=O) groups is 1. The highest BCUT2D eigenvalue weighted by Crippen LogP contribution is 2.23. The Kier molecular flexibility index (Phi) is 5.47. The molecule has 1 aliphatic rings. The van der Waals surface area contributed by atoms with Crippen molar-refractivity contribution in [1.82, 2.24) is 10.2 Å².